The summed E-state index contributed by atoms with van der Waals surface area (Å²) in [5.74, 6) is 0. The minimum Gasteiger partial charge on any atom is -0.388 e. The number of rotatable bonds is 3. The van der Waals surface area contributed by atoms with E-state index >= 15 is 0 Å². The number of azide groups is 1. The molecule has 0 aromatic heterocycles. The van der Waals surface area contributed by atoms with Crippen LogP contribution >= 0.6 is 0 Å². The Hall–Kier alpha value is -1.51. The molecule has 0 saturated carbocycles. The molecule has 1 N–H and O–H groups in total. The third kappa shape index (κ3) is 2.49. The van der Waals surface area contributed by atoms with Gasteiger partial charge in [-0.25, -0.2) is 0 Å². The maximum absolute atomic E-state index is 9.75. The Bertz CT molecular complexity index is 341. The van der Waals surface area contributed by atoms with E-state index in [4.69, 9.17) is 5.53 Å². The smallest absolute Gasteiger partial charge is 0.0872 e. The molecule has 74 valence electrons. The van der Waals surface area contributed by atoms with Crippen LogP contribution in [0, 0.1) is 6.92 Å². The lowest BCUT2D eigenvalue weighted by atomic mass is 10.0. The number of aliphatic hydroxyl groups excluding tert-OH is 1. The van der Waals surface area contributed by atoms with Crippen molar-refractivity contribution in [3.05, 3.63) is 45.8 Å². The van der Waals surface area contributed by atoms with Crippen LogP contribution in [-0.4, -0.2) is 11.1 Å². The predicted molar refractivity (Wildman–Crippen MR) is 54.7 cm³/mol. The maximum atomic E-state index is 9.75. The van der Waals surface area contributed by atoms with E-state index in [1.165, 1.54) is 0 Å². The van der Waals surface area contributed by atoms with Crippen LogP contribution in [0.2, 0.25) is 0 Å². The van der Waals surface area contributed by atoms with Crippen LogP contribution in [0.25, 0.3) is 10.4 Å². The van der Waals surface area contributed by atoms with E-state index in [9.17, 15) is 5.11 Å². The molecular formula is C10H13N3O. The van der Waals surface area contributed by atoms with Crippen molar-refractivity contribution in [3.8, 4) is 0 Å². The number of aliphatic hydroxyl groups is 1. The highest BCUT2D eigenvalue weighted by atomic mass is 16.3. The van der Waals surface area contributed by atoms with E-state index < -0.39 is 12.1 Å². The number of aryl methyl sites for hydroxylation is 1. The molecule has 0 aliphatic rings. The van der Waals surface area contributed by atoms with Crippen molar-refractivity contribution < 1.29 is 5.11 Å². The van der Waals surface area contributed by atoms with Gasteiger partial charge in [-0.2, -0.15) is 0 Å². The molecule has 0 heterocycles. The first-order valence-corrected chi connectivity index (χ1v) is 4.44. The molecule has 4 heteroatoms. The first-order valence-electron chi connectivity index (χ1n) is 4.44. The van der Waals surface area contributed by atoms with Crippen LogP contribution in [-0.2, 0) is 0 Å². The number of hydrogen-bond donors (Lipinski definition) is 1. The highest BCUT2D eigenvalue weighted by Crippen LogP contribution is 2.19. The van der Waals surface area contributed by atoms with E-state index in [0.717, 1.165) is 11.1 Å². The minimum atomic E-state index is -0.730. The fourth-order valence-electron chi connectivity index (χ4n) is 1.19. The van der Waals surface area contributed by atoms with Gasteiger partial charge in [0.2, 0.25) is 0 Å². The van der Waals surface area contributed by atoms with Crippen LogP contribution in [0.15, 0.2) is 29.4 Å². The van der Waals surface area contributed by atoms with Gasteiger partial charge < -0.3 is 5.11 Å². The Kier molecular flexibility index (Phi) is 3.51. The second-order valence-corrected chi connectivity index (χ2v) is 3.30. The summed E-state index contributed by atoms with van der Waals surface area (Å²) < 4.78 is 0. The van der Waals surface area contributed by atoms with E-state index in [0.29, 0.717) is 0 Å². The molecule has 1 rings (SSSR count). The van der Waals surface area contributed by atoms with Crippen molar-refractivity contribution in [1.82, 2.24) is 0 Å². The van der Waals surface area contributed by atoms with Gasteiger partial charge in [-0.15, -0.1) is 0 Å². The lowest BCUT2D eigenvalue weighted by Crippen LogP contribution is -2.11. The maximum Gasteiger partial charge on any atom is 0.0872 e. The summed E-state index contributed by atoms with van der Waals surface area (Å²) in [7, 11) is 0. The summed E-state index contributed by atoms with van der Waals surface area (Å²) in [4.78, 5) is 2.66. The Morgan fingerprint density at radius 2 is 1.93 bits per heavy atom. The molecule has 4 nitrogen and oxygen atoms in total. The molecule has 0 fully saturated rings. The fraction of sp³-hybridized carbons (Fsp3) is 0.400. The van der Waals surface area contributed by atoms with Crippen molar-refractivity contribution in [1.29, 1.82) is 0 Å². The Morgan fingerprint density at radius 3 is 2.43 bits per heavy atom. The van der Waals surface area contributed by atoms with Gasteiger partial charge >= 0.3 is 0 Å². The quantitative estimate of drug-likeness (QED) is 0.445. The molecule has 0 radical (unpaired) electrons. The van der Waals surface area contributed by atoms with Crippen LogP contribution in [0.1, 0.15) is 24.2 Å². The van der Waals surface area contributed by atoms with E-state index in [-0.39, 0.29) is 0 Å². The fourth-order valence-corrected chi connectivity index (χ4v) is 1.19. The molecular weight excluding hydrogens is 178 g/mol. The number of benzene rings is 1. The lowest BCUT2D eigenvalue weighted by molar-refractivity contribution is 0.153. The molecule has 2 atom stereocenters. The van der Waals surface area contributed by atoms with Gasteiger partial charge in [-0.3, -0.25) is 0 Å². The summed E-state index contributed by atoms with van der Waals surface area (Å²) in [6, 6.07) is 7.07. The molecule has 0 spiro atoms. The van der Waals surface area contributed by atoms with Crippen molar-refractivity contribution in [2.45, 2.75) is 26.0 Å². The second kappa shape index (κ2) is 4.65. The monoisotopic (exact) mass is 191 g/mol. The van der Waals surface area contributed by atoms with Crippen LogP contribution < -0.4 is 0 Å². The normalized spacial score (nSPS) is 14.2. The number of hydrogen-bond acceptors (Lipinski definition) is 2. The van der Waals surface area contributed by atoms with Crippen molar-refractivity contribution in [3.63, 3.8) is 0 Å². The molecule has 0 aliphatic heterocycles. The average molecular weight is 191 g/mol. The topological polar surface area (TPSA) is 69.0 Å². The SMILES string of the molecule is Cc1ccc([C@@H](O)[C@@H](C)N=[N+]=[N-])cc1. The summed E-state index contributed by atoms with van der Waals surface area (Å²) in [6.45, 7) is 3.66. The lowest BCUT2D eigenvalue weighted by Gasteiger charge is -2.14. The summed E-state index contributed by atoms with van der Waals surface area (Å²) in [5, 5.41) is 13.2. The highest BCUT2D eigenvalue weighted by Gasteiger charge is 2.13. The zero-order chi connectivity index (χ0) is 10.6. The van der Waals surface area contributed by atoms with Crippen LogP contribution in [0.4, 0.5) is 0 Å². The zero-order valence-electron chi connectivity index (χ0n) is 8.25. The highest BCUT2D eigenvalue weighted by molar-refractivity contribution is 5.23. The number of nitrogens with zero attached hydrogens (tertiary/aromatic N) is 3. The third-order valence-corrected chi connectivity index (χ3v) is 2.11. The minimum absolute atomic E-state index is 0.442. The molecule has 0 saturated heterocycles. The van der Waals surface area contributed by atoms with Gasteiger partial charge in [0, 0.05) is 4.91 Å². The van der Waals surface area contributed by atoms with Crippen LogP contribution in [0.5, 0.6) is 0 Å². The molecule has 14 heavy (non-hydrogen) atoms. The average Bonchev–Trinajstić information content (AvgIpc) is 2.18. The molecule has 1 aromatic carbocycles. The molecule has 0 amide bonds. The van der Waals surface area contributed by atoms with Gasteiger partial charge in [0.1, 0.15) is 0 Å². The molecule has 0 unspecified atom stereocenters. The summed E-state index contributed by atoms with van der Waals surface area (Å²) in [6.07, 6.45) is -0.730. The van der Waals surface area contributed by atoms with Crippen molar-refractivity contribution in [2.75, 3.05) is 0 Å². The first kappa shape index (κ1) is 10.6. The first-order chi connectivity index (χ1) is 6.65. The summed E-state index contributed by atoms with van der Waals surface area (Å²) in [5.41, 5.74) is 10.1. The molecule has 1 aromatic rings. The van der Waals surface area contributed by atoms with E-state index in [2.05, 4.69) is 10.0 Å². The van der Waals surface area contributed by atoms with Crippen molar-refractivity contribution in [2.24, 2.45) is 5.11 Å². The van der Waals surface area contributed by atoms with Gasteiger partial charge in [0.25, 0.3) is 0 Å². The Balaban J connectivity index is 2.83. The molecule has 0 aliphatic carbocycles. The second-order valence-electron chi connectivity index (χ2n) is 3.30. The van der Waals surface area contributed by atoms with Gasteiger partial charge in [-0.1, -0.05) is 41.9 Å². The van der Waals surface area contributed by atoms with Crippen LogP contribution in [0.3, 0.4) is 0 Å². The van der Waals surface area contributed by atoms with E-state index in [1.807, 2.05) is 31.2 Å². The largest absolute Gasteiger partial charge is 0.388 e. The van der Waals surface area contributed by atoms with Gasteiger partial charge in [0.15, 0.2) is 0 Å². The Morgan fingerprint density at radius 1 is 1.36 bits per heavy atom. The zero-order valence-corrected chi connectivity index (χ0v) is 8.25. The third-order valence-electron chi connectivity index (χ3n) is 2.11. The van der Waals surface area contributed by atoms with Gasteiger partial charge in [0.05, 0.1) is 12.1 Å². The standard InChI is InChI=1S/C10H13N3O/c1-7-3-5-9(6-4-7)10(14)8(2)12-13-11/h3-6,8,10,14H,1-2H3/t8-,10+/m1/s1. The molecule has 0 bridgehead atoms. The predicted octanol–water partition coefficient (Wildman–Crippen LogP) is 2.73. The van der Waals surface area contributed by atoms with E-state index in [1.54, 1.807) is 6.92 Å². The van der Waals surface area contributed by atoms with Crippen molar-refractivity contribution >= 4 is 0 Å². The Labute approximate surface area is 82.8 Å². The van der Waals surface area contributed by atoms with Gasteiger partial charge in [-0.05, 0) is 18.0 Å². The summed E-state index contributed by atoms with van der Waals surface area (Å²) >= 11 is 0.